The normalized spacial score (nSPS) is 15.1. The summed E-state index contributed by atoms with van der Waals surface area (Å²) in [5.41, 5.74) is 2.45. The second-order valence-electron chi connectivity index (χ2n) is 7.86. The highest BCUT2D eigenvalue weighted by atomic mass is 35.5. The summed E-state index contributed by atoms with van der Waals surface area (Å²) in [5, 5.41) is 16.8. The van der Waals surface area contributed by atoms with Gasteiger partial charge in [-0.3, -0.25) is 9.78 Å². The van der Waals surface area contributed by atoms with Crippen LogP contribution in [0.5, 0.6) is 11.5 Å². The summed E-state index contributed by atoms with van der Waals surface area (Å²) in [7, 11) is 0. The van der Waals surface area contributed by atoms with Crippen LogP contribution >= 0.6 is 23.2 Å². The van der Waals surface area contributed by atoms with Gasteiger partial charge in [-0.15, -0.1) is 0 Å². The largest absolute Gasteiger partial charge is 0.454 e. The maximum absolute atomic E-state index is 13.0. The van der Waals surface area contributed by atoms with Crippen molar-refractivity contribution < 1.29 is 14.3 Å². The van der Waals surface area contributed by atoms with Crippen molar-refractivity contribution in [2.75, 3.05) is 16.5 Å². The van der Waals surface area contributed by atoms with Crippen LogP contribution in [0.3, 0.4) is 0 Å². The number of hydrazone groups is 1. The van der Waals surface area contributed by atoms with Gasteiger partial charge in [0, 0.05) is 18.3 Å². The number of urea groups is 1. The van der Waals surface area contributed by atoms with E-state index in [0.717, 1.165) is 16.3 Å². The van der Waals surface area contributed by atoms with Crippen molar-refractivity contribution >= 4 is 52.2 Å². The number of nitrogens with zero attached hydrogens (tertiary/aromatic N) is 5. The van der Waals surface area contributed by atoms with Gasteiger partial charge in [-0.05, 0) is 54.4 Å². The number of pyridine rings is 1. The topological polar surface area (TPSA) is 111 Å². The first-order chi connectivity index (χ1) is 17.4. The van der Waals surface area contributed by atoms with Crippen LogP contribution in [-0.4, -0.2) is 29.2 Å². The third-order valence-electron chi connectivity index (χ3n) is 5.60. The predicted octanol–water partition coefficient (Wildman–Crippen LogP) is 5.31. The number of rotatable bonds is 4. The van der Waals surface area contributed by atoms with Crippen molar-refractivity contribution in [2.45, 2.75) is 6.42 Å². The first-order valence-electron chi connectivity index (χ1n) is 10.7. The number of anilines is 2. The zero-order valence-electron chi connectivity index (χ0n) is 18.5. The molecule has 1 N–H and O–H groups in total. The number of allylic oxidation sites excluding steroid dienone is 1. The summed E-state index contributed by atoms with van der Waals surface area (Å²) >= 11 is 12.9. The van der Waals surface area contributed by atoms with Crippen LogP contribution in [0.2, 0.25) is 10.0 Å². The lowest BCUT2D eigenvalue weighted by Crippen LogP contribution is -2.42. The van der Waals surface area contributed by atoms with Crippen molar-refractivity contribution in [1.29, 1.82) is 5.26 Å². The van der Waals surface area contributed by atoms with E-state index in [-0.39, 0.29) is 38.8 Å². The number of aromatic nitrogens is 1. The van der Waals surface area contributed by atoms with Crippen LogP contribution in [0.15, 0.2) is 72.2 Å². The molecule has 2 aromatic carbocycles. The SMILES string of the molecule is C=C1NC(=O)N(c2cc(Cl)c(Oc3ccc4c(c3)CCN(c3cccnc3)C4=O)c(Cl)c2)N=C1C#N. The van der Waals surface area contributed by atoms with E-state index in [2.05, 4.69) is 22.0 Å². The van der Waals surface area contributed by atoms with Gasteiger partial charge in [0.05, 0.1) is 33.3 Å². The number of hydrogen-bond acceptors (Lipinski definition) is 6. The first kappa shape index (κ1) is 23.4. The Kier molecular flexibility index (Phi) is 6.06. The van der Waals surface area contributed by atoms with Crippen LogP contribution < -0.4 is 20.0 Å². The average Bonchev–Trinajstić information content (AvgIpc) is 2.87. The third kappa shape index (κ3) is 4.24. The molecular weight excluding hydrogens is 503 g/mol. The van der Waals surface area contributed by atoms with Gasteiger partial charge in [0.25, 0.3) is 5.91 Å². The number of benzene rings is 2. The predicted molar refractivity (Wildman–Crippen MR) is 136 cm³/mol. The highest BCUT2D eigenvalue weighted by Crippen LogP contribution is 2.41. The van der Waals surface area contributed by atoms with Crippen molar-refractivity contribution in [2.24, 2.45) is 5.10 Å². The maximum atomic E-state index is 13.0. The van der Waals surface area contributed by atoms with Gasteiger partial charge in [0.15, 0.2) is 11.5 Å². The fraction of sp³-hybridized carbons (Fsp3) is 0.0800. The molecule has 0 atom stereocenters. The van der Waals surface area contributed by atoms with Crippen molar-refractivity contribution in [3.63, 3.8) is 0 Å². The lowest BCUT2D eigenvalue weighted by molar-refractivity contribution is 0.0980. The maximum Gasteiger partial charge on any atom is 0.347 e. The van der Waals surface area contributed by atoms with Crippen molar-refractivity contribution in [3.8, 4) is 17.6 Å². The van der Waals surface area contributed by atoms with Crippen LogP contribution in [-0.2, 0) is 6.42 Å². The van der Waals surface area contributed by atoms with Crippen LogP contribution in [0, 0.1) is 11.3 Å². The van der Waals surface area contributed by atoms with Gasteiger partial charge in [-0.25, -0.2) is 4.79 Å². The summed E-state index contributed by atoms with van der Waals surface area (Å²) in [6.07, 6.45) is 3.94. The van der Waals surface area contributed by atoms with E-state index in [4.69, 9.17) is 27.9 Å². The molecule has 2 aliphatic rings. The summed E-state index contributed by atoms with van der Waals surface area (Å²) in [6, 6.07) is 12.9. The molecule has 5 rings (SSSR count). The third-order valence-corrected chi connectivity index (χ3v) is 6.17. The van der Waals surface area contributed by atoms with Gasteiger partial charge >= 0.3 is 6.03 Å². The second-order valence-corrected chi connectivity index (χ2v) is 8.67. The Morgan fingerprint density at radius 1 is 1.11 bits per heavy atom. The molecule has 0 bridgehead atoms. The Balaban J connectivity index is 1.40. The van der Waals surface area contributed by atoms with Gasteiger partial charge in [0.1, 0.15) is 11.8 Å². The van der Waals surface area contributed by atoms with Crippen LogP contribution in [0.4, 0.5) is 16.2 Å². The Hall–Kier alpha value is -4.39. The molecule has 2 aliphatic heterocycles. The van der Waals surface area contributed by atoms with E-state index in [9.17, 15) is 14.9 Å². The molecule has 11 heteroatoms. The van der Waals surface area contributed by atoms with Gasteiger partial charge in [-0.1, -0.05) is 29.8 Å². The van der Waals surface area contributed by atoms with Gasteiger partial charge in [0.2, 0.25) is 0 Å². The van der Waals surface area contributed by atoms with Crippen LogP contribution in [0.1, 0.15) is 15.9 Å². The number of nitriles is 1. The standard InChI is InChI=1S/C25H16Cl2N6O3/c1-14-22(12-28)31-33(25(35)30-14)17-10-20(26)23(21(27)11-17)36-18-4-5-19-15(9-18)6-8-32(24(19)34)16-3-2-7-29-13-16/h2-5,7,9-11,13H,1,6,8H2,(H,30,35). The molecule has 3 amide bonds. The summed E-state index contributed by atoms with van der Waals surface area (Å²) in [4.78, 5) is 31.1. The minimum Gasteiger partial charge on any atom is -0.454 e. The Morgan fingerprint density at radius 2 is 1.89 bits per heavy atom. The average molecular weight is 519 g/mol. The minimum atomic E-state index is -0.612. The summed E-state index contributed by atoms with van der Waals surface area (Å²) in [6.45, 7) is 4.09. The van der Waals surface area contributed by atoms with E-state index in [1.54, 1.807) is 41.6 Å². The number of carbonyl (C=O) groups is 2. The quantitative estimate of drug-likeness (QED) is 0.503. The van der Waals surface area contributed by atoms with E-state index < -0.39 is 6.03 Å². The molecule has 1 aromatic heterocycles. The summed E-state index contributed by atoms with van der Waals surface area (Å²) < 4.78 is 5.96. The zero-order valence-corrected chi connectivity index (χ0v) is 20.0. The Labute approximate surface area is 215 Å². The molecule has 0 radical (unpaired) electrons. The molecule has 178 valence electrons. The van der Waals surface area contributed by atoms with E-state index >= 15 is 0 Å². The minimum absolute atomic E-state index is 0.0483. The highest BCUT2D eigenvalue weighted by molar-refractivity contribution is 6.37. The number of fused-ring (bicyclic) bond motifs is 1. The Morgan fingerprint density at radius 3 is 2.58 bits per heavy atom. The van der Waals surface area contributed by atoms with E-state index in [1.165, 1.54) is 12.1 Å². The Bertz CT molecular complexity index is 1480. The summed E-state index contributed by atoms with van der Waals surface area (Å²) in [5.74, 6) is 0.508. The van der Waals surface area contributed by atoms with Gasteiger partial charge < -0.3 is 15.0 Å². The number of halogens is 2. The molecule has 0 saturated heterocycles. The van der Waals surface area contributed by atoms with Crippen LogP contribution in [0.25, 0.3) is 0 Å². The molecular formula is C25H16Cl2N6O3. The molecule has 0 aliphatic carbocycles. The second kappa shape index (κ2) is 9.34. The molecule has 0 spiro atoms. The van der Waals surface area contributed by atoms with E-state index in [1.807, 2.05) is 12.1 Å². The van der Waals surface area contributed by atoms with Crippen molar-refractivity contribution in [1.82, 2.24) is 10.3 Å². The number of nitrogens with one attached hydrogen (secondary N) is 1. The monoisotopic (exact) mass is 518 g/mol. The van der Waals surface area contributed by atoms with Crippen molar-refractivity contribution in [3.05, 3.63) is 88.3 Å². The van der Waals surface area contributed by atoms with Gasteiger partial charge in [-0.2, -0.15) is 15.4 Å². The molecule has 0 unspecified atom stereocenters. The molecule has 3 aromatic rings. The molecule has 9 nitrogen and oxygen atoms in total. The smallest absolute Gasteiger partial charge is 0.347 e. The molecule has 36 heavy (non-hydrogen) atoms. The molecule has 0 fully saturated rings. The fourth-order valence-electron chi connectivity index (χ4n) is 3.88. The number of carbonyl (C=O) groups excluding carboxylic acids is 2. The number of hydrogen-bond donors (Lipinski definition) is 1. The lowest BCUT2D eigenvalue weighted by Gasteiger charge is -2.28. The lowest BCUT2D eigenvalue weighted by atomic mass is 9.98. The number of ether oxygens (including phenoxy) is 1. The highest BCUT2D eigenvalue weighted by Gasteiger charge is 2.28. The zero-order chi connectivity index (χ0) is 25.4. The fourth-order valence-corrected chi connectivity index (χ4v) is 4.44. The first-order valence-corrected chi connectivity index (χ1v) is 11.4. The molecule has 0 saturated carbocycles. The molecule has 3 heterocycles. The number of amides is 3. The van der Waals surface area contributed by atoms with E-state index in [0.29, 0.717) is 24.3 Å².